The van der Waals surface area contributed by atoms with Crippen molar-refractivity contribution in [1.29, 1.82) is 5.26 Å². The molecule has 0 aromatic heterocycles. The molecule has 1 N–H and O–H groups in total. The molecule has 1 aromatic carbocycles. The number of alkyl halides is 3. The van der Waals surface area contributed by atoms with E-state index in [2.05, 4.69) is 0 Å². The van der Waals surface area contributed by atoms with Gasteiger partial charge < -0.3 is 10.2 Å². The summed E-state index contributed by atoms with van der Waals surface area (Å²) in [6.07, 6.45) is -5.05. The maximum absolute atomic E-state index is 12.3. The highest BCUT2D eigenvalue weighted by atomic mass is 19.4. The molecule has 122 valence electrons. The molecule has 0 unspecified atom stereocenters. The van der Waals surface area contributed by atoms with Gasteiger partial charge in [-0.05, 0) is 5.56 Å². The van der Waals surface area contributed by atoms with E-state index in [0.717, 1.165) is 0 Å². The summed E-state index contributed by atoms with van der Waals surface area (Å²) in [5.74, 6) is -1.56. The standard InChI is InChI=1S/C15H14F3N3O2/c1-21-11(22)7-14(8-19,13(23)20-9-15(16,17)18)12(21)10-5-3-2-4-6-10/h2-6,12H,7,9H2,1H3,(H,20,23)/t12-,14+/m1/s1. The van der Waals surface area contributed by atoms with Crippen molar-refractivity contribution in [3.8, 4) is 6.07 Å². The van der Waals surface area contributed by atoms with E-state index in [9.17, 15) is 28.0 Å². The summed E-state index contributed by atoms with van der Waals surface area (Å²) in [5, 5.41) is 11.2. The van der Waals surface area contributed by atoms with E-state index in [0.29, 0.717) is 5.56 Å². The van der Waals surface area contributed by atoms with E-state index >= 15 is 0 Å². The van der Waals surface area contributed by atoms with Crippen LogP contribution in [0.15, 0.2) is 30.3 Å². The van der Waals surface area contributed by atoms with Crippen LogP contribution < -0.4 is 5.32 Å². The molecule has 2 atom stereocenters. The number of hydrogen-bond acceptors (Lipinski definition) is 3. The first-order valence-corrected chi connectivity index (χ1v) is 6.78. The van der Waals surface area contributed by atoms with E-state index in [4.69, 9.17) is 0 Å². The van der Waals surface area contributed by atoms with Crippen LogP contribution in [0.5, 0.6) is 0 Å². The van der Waals surface area contributed by atoms with Crippen molar-refractivity contribution < 1.29 is 22.8 Å². The summed E-state index contributed by atoms with van der Waals surface area (Å²) in [4.78, 5) is 25.5. The first kappa shape index (κ1) is 16.8. The van der Waals surface area contributed by atoms with E-state index in [1.54, 1.807) is 41.7 Å². The zero-order chi connectivity index (χ0) is 17.3. The van der Waals surface area contributed by atoms with Crippen LogP contribution in [0.25, 0.3) is 0 Å². The minimum atomic E-state index is -4.59. The van der Waals surface area contributed by atoms with E-state index in [1.807, 2.05) is 0 Å². The molecule has 1 aliphatic rings. The van der Waals surface area contributed by atoms with Gasteiger partial charge in [-0.1, -0.05) is 30.3 Å². The fraction of sp³-hybridized carbons (Fsp3) is 0.400. The monoisotopic (exact) mass is 325 g/mol. The first-order chi connectivity index (χ1) is 10.7. The molecule has 23 heavy (non-hydrogen) atoms. The van der Waals surface area contributed by atoms with Gasteiger partial charge in [0, 0.05) is 7.05 Å². The van der Waals surface area contributed by atoms with Gasteiger partial charge in [0.15, 0.2) is 5.41 Å². The van der Waals surface area contributed by atoms with Crippen molar-refractivity contribution >= 4 is 11.8 Å². The van der Waals surface area contributed by atoms with Crippen LogP contribution in [0.2, 0.25) is 0 Å². The van der Waals surface area contributed by atoms with Crippen molar-refractivity contribution in [2.24, 2.45) is 5.41 Å². The lowest BCUT2D eigenvalue weighted by atomic mass is 9.77. The average molecular weight is 325 g/mol. The Labute approximate surface area is 130 Å². The molecule has 1 aromatic rings. The summed E-state index contributed by atoms with van der Waals surface area (Å²) >= 11 is 0. The zero-order valence-corrected chi connectivity index (χ0v) is 12.2. The topological polar surface area (TPSA) is 73.2 Å². The number of likely N-dealkylation sites (tertiary alicyclic amines) is 1. The Hall–Kier alpha value is -2.56. The van der Waals surface area contributed by atoms with Gasteiger partial charge in [0.05, 0.1) is 18.5 Å². The second kappa shape index (κ2) is 5.91. The van der Waals surface area contributed by atoms with Crippen molar-refractivity contribution in [3.63, 3.8) is 0 Å². The molecule has 0 bridgehead atoms. The molecule has 5 nitrogen and oxygen atoms in total. The second-order valence-electron chi connectivity index (χ2n) is 5.38. The number of hydrogen-bond donors (Lipinski definition) is 1. The van der Waals surface area contributed by atoms with Gasteiger partial charge in [-0.15, -0.1) is 0 Å². The number of rotatable bonds is 3. The molecule has 1 aliphatic heterocycles. The number of amides is 2. The predicted octanol–water partition coefficient (Wildman–Crippen LogP) is 1.78. The molecule has 0 saturated carbocycles. The van der Waals surface area contributed by atoms with Gasteiger partial charge in [0.25, 0.3) is 0 Å². The average Bonchev–Trinajstić information content (AvgIpc) is 2.77. The summed E-state index contributed by atoms with van der Waals surface area (Å²) in [7, 11) is 1.43. The Morgan fingerprint density at radius 3 is 2.57 bits per heavy atom. The molecule has 0 spiro atoms. The third-order valence-electron chi connectivity index (χ3n) is 3.85. The highest BCUT2D eigenvalue weighted by Crippen LogP contribution is 2.47. The molecular formula is C15H14F3N3O2. The molecule has 0 radical (unpaired) electrons. The van der Waals surface area contributed by atoms with Gasteiger partial charge in [-0.3, -0.25) is 9.59 Å². The Balaban J connectivity index is 2.39. The van der Waals surface area contributed by atoms with Gasteiger partial charge in [0.2, 0.25) is 11.8 Å². The van der Waals surface area contributed by atoms with E-state index in [-0.39, 0.29) is 0 Å². The first-order valence-electron chi connectivity index (χ1n) is 6.78. The highest BCUT2D eigenvalue weighted by molar-refractivity contribution is 5.95. The van der Waals surface area contributed by atoms with Gasteiger partial charge in [-0.25, -0.2) is 0 Å². The Morgan fingerprint density at radius 2 is 2.04 bits per heavy atom. The van der Waals surface area contributed by atoms with Crippen molar-refractivity contribution in [2.45, 2.75) is 18.6 Å². The molecule has 1 saturated heterocycles. The Morgan fingerprint density at radius 1 is 1.43 bits per heavy atom. The van der Waals surface area contributed by atoms with Crippen LogP contribution in [0.3, 0.4) is 0 Å². The van der Waals surface area contributed by atoms with Gasteiger partial charge in [-0.2, -0.15) is 18.4 Å². The summed E-state index contributed by atoms with van der Waals surface area (Å²) in [6, 6.07) is 9.16. The van der Waals surface area contributed by atoms with Gasteiger partial charge in [0.1, 0.15) is 6.54 Å². The molecular weight excluding hydrogens is 311 g/mol. The highest BCUT2D eigenvalue weighted by Gasteiger charge is 2.57. The number of carbonyl (C=O) groups is 2. The molecule has 0 aliphatic carbocycles. The molecule has 1 heterocycles. The number of carbonyl (C=O) groups excluding carboxylic acids is 2. The number of benzene rings is 1. The normalized spacial score (nSPS) is 24.4. The Kier molecular flexibility index (Phi) is 4.32. The summed E-state index contributed by atoms with van der Waals surface area (Å²) < 4.78 is 37.0. The quantitative estimate of drug-likeness (QED) is 0.920. The van der Waals surface area contributed by atoms with Crippen molar-refractivity contribution in [2.75, 3.05) is 13.6 Å². The lowest BCUT2D eigenvalue weighted by molar-refractivity contribution is -0.143. The number of nitriles is 1. The van der Waals surface area contributed by atoms with Crippen molar-refractivity contribution in [3.05, 3.63) is 35.9 Å². The smallest absolute Gasteiger partial charge is 0.346 e. The minimum Gasteiger partial charge on any atom is -0.346 e. The van der Waals surface area contributed by atoms with Crippen LogP contribution in [-0.2, 0) is 9.59 Å². The fourth-order valence-corrected chi connectivity index (χ4v) is 2.77. The van der Waals surface area contributed by atoms with Crippen molar-refractivity contribution in [1.82, 2.24) is 10.2 Å². The maximum Gasteiger partial charge on any atom is 0.405 e. The van der Waals surface area contributed by atoms with Crippen LogP contribution in [0.1, 0.15) is 18.0 Å². The van der Waals surface area contributed by atoms with Crippen LogP contribution in [0.4, 0.5) is 13.2 Å². The third-order valence-corrected chi connectivity index (χ3v) is 3.85. The Bertz CT molecular complexity index is 654. The molecule has 8 heteroatoms. The van der Waals surface area contributed by atoms with Gasteiger partial charge >= 0.3 is 6.18 Å². The lowest BCUT2D eigenvalue weighted by Gasteiger charge is -2.30. The lowest BCUT2D eigenvalue weighted by Crippen LogP contribution is -2.46. The maximum atomic E-state index is 12.3. The minimum absolute atomic E-state index is 0.455. The molecule has 2 rings (SSSR count). The second-order valence-corrected chi connectivity index (χ2v) is 5.38. The number of nitrogens with one attached hydrogen (secondary N) is 1. The zero-order valence-electron chi connectivity index (χ0n) is 12.2. The summed E-state index contributed by atoms with van der Waals surface area (Å²) in [6.45, 7) is -1.55. The fourth-order valence-electron chi connectivity index (χ4n) is 2.77. The number of halogens is 3. The predicted molar refractivity (Wildman–Crippen MR) is 73.7 cm³/mol. The van der Waals surface area contributed by atoms with E-state index < -0.39 is 42.4 Å². The largest absolute Gasteiger partial charge is 0.405 e. The van der Waals surface area contributed by atoms with Crippen LogP contribution >= 0.6 is 0 Å². The van der Waals surface area contributed by atoms with Crippen LogP contribution in [-0.4, -0.2) is 36.5 Å². The SMILES string of the molecule is CN1C(=O)C[C@@](C#N)(C(=O)NCC(F)(F)F)[C@H]1c1ccccc1. The summed E-state index contributed by atoms with van der Waals surface area (Å²) in [5.41, 5.74) is -1.37. The number of nitrogens with zero attached hydrogens (tertiary/aromatic N) is 2. The third kappa shape index (κ3) is 3.13. The van der Waals surface area contributed by atoms with E-state index in [1.165, 1.54) is 11.9 Å². The molecule has 2 amide bonds. The van der Waals surface area contributed by atoms with Crippen LogP contribution in [0, 0.1) is 16.7 Å². The molecule has 1 fully saturated rings.